The fourth-order valence-electron chi connectivity index (χ4n) is 2.51. The number of para-hydroxylation sites is 1. The van der Waals surface area contributed by atoms with Crippen LogP contribution < -0.4 is 4.80 Å². The number of benzene rings is 1. The van der Waals surface area contributed by atoms with Crippen molar-refractivity contribution < 1.29 is 4.42 Å². The Bertz CT molecular complexity index is 1060. The van der Waals surface area contributed by atoms with Gasteiger partial charge in [0.15, 0.2) is 5.76 Å². The van der Waals surface area contributed by atoms with Gasteiger partial charge in [-0.05, 0) is 36.8 Å². The van der Waals surface area contributed by atoms with Crippen LogP contribution in [0.25, 0.3) is 22.4 Å². The summed E-state index contributed by atoms with van der Waals surface area (Å²) in [6.07, 6.45) is 5.30. The Labute approximate surface area is 148 Å². The molecular weight excluding hydrogens is 332 g/mol. The van der Waals surface area contributed by atoms with Crippen LogP contribution in [0.5, 0.6) is 0 Å². The highest BCUT2D eigenvalue weighted by atomic mass is 32.1. The molecule has 0 saturated heterocycles. The van der Waals surface area contributed by atoms with Crippen LogP contribution in [0.1, 0.15) is 12.5 Å². The van der Waals surface area contributed by atoms with Crippen LogP contribution in [0, 0.1) is 0 Å². The van der Waals surface area contributed by atoms with Gasteiger partial charge in [0.2, 0.25) is 4.80 Å². The Balaban J connectivity index is 1.83. The molecule has 0 bridgehead atoms. The standard InChI is InChI=1S/C19H16N4OS/c1-2-21-19-23(22-12-14-7-9-20-10-8-14)16(13-25-19)18-11-15-5-3-4-6-17(15)24-18/h3-13H,2H2,1H3. The second kappa shape index (κ2) is 6.86. The molecule has 0 radical (unpaired) electrons. The summed E-state index contributed by atoms with van der Waals surface area (Å²) in [6, 6.07) is 13.8. The van der Waals surface area contributed by atoms with Crippen LogP contribution in [0.2, 0.25) is 0 Å². The van der Waals surface area contributed by atoms with Crippen LogP contribution in [-0.4, -0.2) is 22.4 Å². The third-order valence-electron chi connectivity index (χ3n) is 3.69. The Morgan fingerprint density at radius 1 is 1.20 bits per heavy atom. The van der Waals surface area contributed by atoms with Gasteiger partial charge < -0.3 is 4.42 Å². The number of furan rings is 1. The first-order chi connectivity index (χ1) is 12.3. The average Bonchev–Trinajstić information content (AvgIpc) is 3.25. The van der Waals surface area contributed by atoms with E-state index in [0.29, 0.717) is 6.54 Å². The molecule has 5 nitrogen and oxygen atoms in total. The number of aromatic nitrogens is 2. The molecule has 0 aliphatic rings. The van der Waals surface area contributed by atoms with Crippen molar-refractivity contribution >= 4 is 28.5 Å². The second-order valence-corrected chi connectivity index (χ2v) is 6.20. The van der Waals surface area contributed by atoms with Crippen molar-refractivity contribution in [3.8, 4) is 11.5 Å². The maximum Gasteiger partial charge on any atom is 0.206 e. The zero-order valence-electron chi connectivity index (χ0n) is 13.7. The Morgan fingerprint density at radius 3 is 2.84 bits per heavy atom. The van der Waals surface area contributed by atoms with Gasteiger partial charge in [-0.1, -0.05) is 18.2 Å². The van der Waals surface area contributed by atoms with Crippen molar-refractivity contribution in [2.24, 2.45) is 10.1 Å². The molecule has 0 atom stereocenters. The van der Waals surface area contributed by atoms with Crippen LogP contribution >= 0.6 is 11.3 Å². The van der Waals surface area contributed by atoms with E-state index in [1.165, 1.54) is 0 Å². The van der Waals surface area contributed by atoms with E-state index in [0.717, 1.165) is 32.8 Å². The normalized spacial score (nSPS) is 12.4. The van der Waals surface area contributed by atoms with E-state index >= 15 is 0 Å². The first-order valence-electron chi connectivity index (χ1n) is 7.99. The molecule has 0 aliphatic carbocycles. The van der Waals surface area contributed by atoms with Gasteiger partial charge in [-0.3, -0.25) is 9.98 Å². The molecule has 6 heteroatoms. The summed E-state index contributed by atoms with van der Waals surface area (Å²) in [5.74, 6) is 0.780. The third-order valence-corrected chi connectivity index (χ3v) is 4.54. The molecule has 4 rings (SSSR count). The Morgan fingerprint density at radius 2 is 2.04 bits per heavy atom. The first-order valence-corrected chi connectivity index (χ1v) is 8.87. The molecule has 0 unspecified atom stereocenters. The Kier molecular flexibility index (Phi) is 4.26. The lowest BCUT2D eigenvalue weighted by Gasteiger charge is -2.00. The molecule has 0 aliphatic heterocycles. The number of pyridine rings is 1. The summed E-state index contributed by atoms with van der Waals surface area (Å²) in [5, 5.41) is 7.72. The minimum absolute atomic E-state index is 0.699. The lowest BCUT2D eigenvalue weighted by Crippen LogP contribution is -2.12. The molecule has 0 fully saturated rings. The van der Waals surface area contributed by atoms with Gasteiger partial charge in [0, 0.05) is 29.7 Å². The van der Waals surface area contributed by atoms with Crippen molar-refractivity contribution in [2.45, 2.75) is 6.92 Å². The van der Waals surface area contributed by atoms with Crippen LogP contribution in [0.4, 0.5) is 0 Å². The fraction of sp³-hybridized carbons (Fsp3) is 0.105. The molecule has 0 saturated carbocycles. The largest absolute Gasteiger partial charge is 0.454 e. The van der Waals surface area contributed by atoms with Crippen LogP contribution in [-0.2, 0) is 0 Å². The zero-order valence-corrected chi connectivity index (χ0v) is 14.5. The predicted molar refractivity (Wildman–Crippen MR) is 101 cm³/mol. The molecule has 3 aromatic heterocycles. The van der Waals surface area contributed by atoms with Crippen molar-refractivity contribution in [2.75, 3.05) is 6.54 Å². The summed E-state index contributed by atoms with van der Waals surface area (Å²) < 4.78 is 7.82. The van der Waals surface area contributed by atoms with Crippen LogP contribution in [0.3, 0.4) is 0 Å². The molecule has 0 amide bonds. The molecule has 1 aromatic carbocycles. The lowest BCUT2D eigenvalue weighted by molar-refractivity contribution is 0.621. The maximum absolute atomic E-state index is 6.00. The molecule has 25 heavy (non-hydrogen) atoms. The zero-order chi connectivity index (χ0) is 17.1. The molecular formula is C19H16N4OS. The lowest BCUT2D eigenvalue weighted by atomic mass is 10.2. The number of nitrogens with zero attached hydrogens (tertiary/aromatic N) is 4. The van der Waals surface area contributed by atoms with E-state index < -0.39 is 0 Å². The van der Waals surface area contributed by atoms with Crippen molar-refractivity contribution in [3.05, 3.63) is 70.6 Å². The SMILES string of the molecule is CCN=c1scc(-c2cc3ccccc3o2)n1N=Cc1ccncc1. The molecule has 0 N–H and O–H groups in total. The van der Waals surface area contributed by atoms with Gasteiger partial charge in [-0.15, -0.1) is 11.3 Å². The minimum atomic E-state index is 0.699. The van der Waals surface area contributed by atoms with E-state index in [4.69, 9.17) is 4.42 Å². The third kappa shape index (κ3) is 3.16. The smallest absolute Gasteiger partial charge is 0.206 e. The van der Waals surface area contributed by atoms with E-state index in [9.17, 15) is 0 Å². The van der Waals surface area contributed by atoms with Gasteiger partial charge in [0.25, 0.3) is 0 Å². The van der Waals surface area contributed by atoms with Crippen LogP contribution in [0.15, 0.2) is 74.7 Å². The van der Waals surface area contributed by atoms with Gasteiger partial charge in [0.1, 0.15) is 11.3 Å². The second-order valence-electron chi connectivity index (χ2n) is 5.36. The number of fused-ring (bicyclic) bond motifs is 1. The van der Waals surface area contributed by atoms with E-state index in [1.54, 1.807) is 29.9 Å². The summed E-state index contributed by atoms with van der Waals surface area (Å²) >= 11 is 1.55. The summed E-state index contributed by atoms with van der Waals surface area (Å²) in [5.41, 5.74) is 2.73. The van der Waals surface area contributed by atoms with Crippen molar-refractivity contribution in [1.29, 1.82) is 0 Å². The molecule has 0 spiro atoms. The quantitative estimate of drug-likeness (QED) is 0.520. The average molecular weight is 348 g/mol. The number of thiazole rings is 1. The highest BCUT2D eigenvalue weighted by Crippen LogP contribution is 2.28. The van der Waals surface area contributed by atoms with E-state index in [-0.39, 0.29) is 0 Å². The highest BCUT2D eigenvalue weighted by Gasteiger charge is 2.12. The maximum atomic E-state index is 6.00. The number of rotatable bonds is 4. The number of hydrogen-bond acceptors (Lipinski definition) is 5. The highest BCUT2D eigenvalue weighted by molar-refractivity contribution is 7.07. The van der Waals surface area contributed by atoms with Gasteiger partial charge in [-0.2, -0.15) is 5.10 Å². The minimum Gasteiger partial charge on any atom is -0.454 e. The first kappa shape index (κ1) is 15.5. The summed E-state index contributed by atoms with van der Waals surface area (Å²) in [7, 11) is 0. The summed E-state index contributed by atoms with van der Waals surface area (Å²) in [4.78, 5) is 9.40. The predicted octanol–water partition coefficient (Wildman–Crippen LogP) is 4.16. The molecule has 124 valence electrons. The van der Waals surface area contributed by atoms with Crippen molar-refractivity contribution in [1.82, 2.24) is 9.66 Å². The molecule has 3 heterocycles. The van der Waals surface area contributed by atoms with E-state index in [1.807, 2.05) is 59.4 Å². The van der Waals surface area contributed by atoms with E-state index in [2.05, 4.69) is 15.1 Å². The monoisotopic (exact) mass is 348 g/mol. The van der Waals surface area contributed by atoms with Gasteiger partial charge >= 0.3 is 0 Å². The topological polar surface area (TPSA) is 55.7 Å². The number of hydrogen-bond donors (Lipinski definition) is 0. The summed E-state index contributed by atoms with van der Waals surface area (Å²) in [6.45, 7) is 2.71. The van der Waals surface area contributed by atoms with Gasteiger partial charge in [0.05, 0.1) is 6.21 Å². The van der Waals surface area contributed by atoms with Gasteiger partial charge in [-0.25, -0.2) is 4.68 Å². The fourth-order valence-corrected chi connectivity index (χ4v) is 3.39. The molecule has 4 aromatic rings. The Hall–Kier alpha value is -2.99. The van der Waals surface area contributed by atoms with Crippen molar-refractivity contribution in [3.63, 3.8) is 0 Å².